The highest BCUT2D eigenvalue weighted by molar-refractivity contribution is 14.0. The predicted octanol–water partition coefficient (Wildman–Crippen LogP) is 2.56. The zero-order chi connectivity index (χ0) is 16.6. The van der Waals surface area contributed by atoms with E-state index in [0.29, 0.717) is 6.10 Å². The molecule has 144 valence electrons. The first kappa shape index (κ1) is 23.9. The Bertz CT molecular complexity index is 301. The lowest BCUT2D eigenvalue weighted by Gasteiger charge is -2.12. The number of aliphatic imine (C=N–C) groups is 1. The first-order valence-corrected chi connectivity index (χ1v) is 9.16. The van der Waals surface area contributed by atoms with E-state index in [-0.39, 0.29) is 24.0 Å². The van der Waals surface area contributed by atoms with Gasteiger partial charge in [-0.15, -0.1) is 24.0 Å². The summed E-state index contributed by atoms with van der Waals surface area (Å²) in [5.74, 6) is 0.853. The zero-order valence-electron chi connectivity index (χ0n) is 15.3. The van der Waals surface area contributed by atoms with Gasteiger partial charge >= 0.3 is 0 Å². The van der Waals surface area contributed by atoms with E-state index in [2.05, 4.69) is 29.5 Å². The highest BCUT2D eigenvalue weighted by Crippen LogP contribution is 2.11. The number of rotatable bonds is 13. The molecule has 0 aromatic heterocycles. The summed E-state index contributed by atoms with van der Waals surface area (Å²) in [6, 6.07) is 0. The van der Waals surface area contributed by atoms with Crippen LogP contribution in [0.25, 0.3) is 0 Å². The molecule has 1 saturated heterocycles. The number of hydrogen-bond donors (Lipinski definition) is 2. The van der Waals surface area contributed by atoms with E-state index in [4.69, 9.17) is 14.2 Å². The Balaban J connectivity index is 0.00000529. The molecule has 0 aliphatic carbocycles. The Kier molecular flexibility index (Phi) is 17.6. The van der Waals surface area contributed by atoms with Crippen molar-refractivity contribution in [3.8, 4) is 0 Å². The third kappa shape index (κ3) is 13.2. The van der Waals surface area contributed by atoms with E-state index in [1.165, 1.54) is 6.42 Å². The largest absolute Gasteiger partial charge is 0.380 e. The van der Waals surface area contributed by atoms with Crippen LogP contribution in [0.5, 0.6) is 0 Å². The van der Waals surface area contributed by atoms with Crippen molar-refractivity contribution in [3.63, 3.8) is 0 Å². The van der Waals surface area contributed by atoms with Crippen molar-refractivity contribution in [1.82, 2.24) is 10.6 Å². The Morgan fingerprint density at radius 2 is 1.96 bits per heavy atom. The Morgan fingerprint density at radius 1 is 1.12 bits per heavy atom. The van der Waals surface area contributed by atoms with Crippen molar-refractivity contribution in [3.05, 3.63) is 0 Å². The van der Waals surface area contributed by atoms with Gasteiger partial charge in [-0.1, -0.05) is 13.3 Å². The number of unbranched alkanes of at least 4 members (excludes halogenated alkanes) is 1. The molecule has 1 rings (SSSR count). The summed E-state index contributed by atoms with van der Waals surface area (Å²) in [5.41, 5.74) is 0. The summed E-state index contributed by atoms with van der Waals surface area (Å²) in [5, 5.41) is 6.53. The standard InChI is InChI=1S/C17H35N3O3.HI/c1-3-5-11-21-14-10-20-17(18-4-2)19-9-7-12-22-15-16-8-6-13-23-16;/h16H,3-15H2,1-2H3,(H2,18,19,20);1H. The molecule has 2 N–H and O–H groups in total. The lowest BCUT2D eigenvalue weighted by Crippen LogP contribution is -2.39. The van der Waals surface area contributed by atoms with Gasteiger partial charge in [-0.3, -0.25) is 4.99 Å². The average molecular weight is 457 g/mol. The quantitative estimate of drug-likeness (QED) is 0.193. The minimum atomic E-state index is 0. The number of hydrogen-bond acceptors (Lipinski definition) is 4. The summed E-state index contributed by atoms with van der Waals surface area (Å²) < 4.78 is 16.7. The minimum Gasteiger partial charge on any atom is -0.380 e. The molecule has 1 aliphatic rings. The first-order chi connectivity index (χ1) is 11.4. The van der Waals surface area contributed by atoms with Gasteiger partial charge in [0.25, 0.3) is 0 Å². The molecule has 1 fully saturated rings. The van der Waals surface area contributed by atoms with Crippen molar-refractivity contribution in [2.24, 2.45) is 4.99 Å². The molecule has 1 heterocycles. The van der Waals surface area contributed by atoms with Gasteiger partial charge in [0, 0.05) is 39.5 Å². The second kappa shape index (κ2) is 17.7. The topological polar surface area (TPSA) is 64.1 Å². The van der Waals surface area contributed by atoms with Gasteiger partial charge in [-0.25, -0.2) is 0 Å². The van der Waals surface area contributed by atoms with E-state index < -0.39 is 0 Å². The van der Waals surface area contributed by atoms with Crippen LogP contribution in [-0.2, 0) is 14.2 Å². The van der Waals surface area contributed by atoms with Crippen molar-refractivity contribution >= 4 is 29.9 Å². The number of guanidine groups is 1. The van der Waals surface area contributed by atoms with Gasteiger partial charge in [-0.2, -0.15) is 0 Å². The van der Waals surface area contributed by atoms with Crippen molar-refractivity contribution in [1.29, 1.82) is 0 Å². The number of nitrogens with zero attached hydrogens (tertiary/aromatic N) is 1. The van der Waals surface area contributed by atoms with Crippen LogP contribution in [0.4, 0.5) is 0 Å². The van der Waals surface area contributed by atoms with Crippen LogP contribution >= 0.6 is 24.0 Å². The monoisotopic (exact) mass is 457 g/mol. The van der Waals surface area contributed by atoms with Gasteiger partial charge in [0.05, 0.1) is 19.3 Å². The SMILES string of the molecule is CCCCOCCNC(=NCCCOCC1CCCO1)NCC.I. The lowest BCUT2D eigenvalue weighted by molar-refractivity contribution is 0.0171. The van der Waals surface area contributed by atoms with E-state index in [9.17, 15) is 0 Å². The summed E-state index contributed by atoms with van der Waals surface area (Å²) in [7, 11) is 0. The molecule has 24 heavy (non-hydrogen) atoms. The van der Waals surface area contributed by atoms with Crippen LogP contribution in [0.2, 0.25) is 0 Å². The summed E-state index contributed by atoms with van der Waals surface area (Å²) in [6.45, 7) is 10.5. The zero-order valence-corrected chi connectivity index (χ0v) is 17.7. The Labute approximate surface area is 164 Å². The molecule has 0 spiro atoms. The second-order valence-electron chi connectivity index (χ2n) is 5.72. The van der Waals surface area contributed by atoms with Crippen LogP contribution in [0, 0.1) is 0 Å². The van der Waals surface area contributed by atoms with Crippen LogP contribution < -0.4 is 10.6 Å². The van der Waals surface area contributed by atoms with Gasteiger partial charge < -0.3 is 24.8 Å². The summed E-state index contributed by atoms with van der Waals surface area (Å²) in [4.78, 5) is 4.54. The fourth-order valence-corrected chi connectivity index (χ4v) is 2.28. The van der Waals surface area contributed by atoms with Gasteiger partial charge in [0.15, 0.2) is 5.96 Å². The molecule has 7 heteroatoms. The van der Waals surface area contributed by atoms with E-state index in [0.717, 1.165) is 84.3 Å². The van der Waals surface area contributed by atoms with Crippen molar-refractivity contribution < 1.29 is 14.2 Å². The van der Waals surface area contributed by atoms with Crippen LogP contribution in [0.15, 0.2) is 4.99 Å². The molecule has 6 nitrogen and oxygen atoms in total. The third-order valence-electron chi connectivity index (χ3n) is 3.57. The van der Waals surface area contributed by atoms with Gasteiger partial charge in [0.1, 0.15) is 0 Å². The molecule has 0 aromatic rings. The summed E-state index contributed by atoms with van der Waals surface area (Å²) in [6.07, 6.45) is 5.83. The Hall–Kier alpha value is -0.120. The van der Waals surface area contributed by atoms with Crippen LogP contribution in [0.3, 0.4) is 0 Å². The van der Waals surface area contributed by atoms with E-state index in [1.54, 1.807) is 0 Å². The first-order valence-electron chi connectivity index (χ1n) is 9.16. The highest BCUT2D eigenvalue weighted by Gasteiger charge is 2.14. The molecule has 1 unspecified atom stereocenters. The maximum atomic E-state index is 5.64. The molecular weight excluding hydrogens is 421 g/mol. The molecule has 1 atom stereocenters. The average Bonchev–Trinajstić information content (AvgIpc) is 3.07. The molecule has 0 radical (unpaired) electrons. The van der Waals surface area contributed by atoms with Gasteiger partial charge in [0.2, 0.25) is 0 Å². The molecule has 0 amide bonds. The van der Waals surface area contributed by atoms with Gasteiger partial charge in [-0.05, 0) is 32.6 Å². The lowest BCUT2D eigenvalue weighted by atomic mass is 10.2. The minimum absolute atomic E-state index is 0. The predicted molar refractivity (Wildman–Crippen MR) is 110 cm³/mol. The number of ether oxygens (including phenoxy) is 3. The van der Waals surface area contributed by atoms with Crippen molar-refractivity contribution in [2.75, 3.05) is 52.7 Å². The van der Waals surface area contributed by atoms with E-state index >= 15 is 0 Å². The molecule has 0 aromatic carbocycles. The number of nitrogens with one attached hydrogen (secondary N) is 2. The van der Waals surface area contributed by atoms with Crippen molar-refractivity contribution in [2.45, 2.75) is 52.1 Å². The molecule has 1 aliphatic heterocycles. The van der Waals surface area contributed by atoms with E-state index in [1.807, 2.05) is 0 Å². The highest BCUT2D eigenvalue weighted by atomic mass is 127. The maximum absolute atomic E-state index is 5.64. The third-order valence-corrected chi connectivity index (χ3v) is 3.57. The van der Waals surface area contributed by atoms with Crippen LogP contribution in [-0.4, -0.2) is 64.7 Å². The molecule has 0 saturated carbocycles. The second-order valence-corrected chi connectivity index (χ2v) is 5.72. The fourth-order valence-electron chi connectivity index (χ4n) is 2.28. The smallest absolute Gasteiger partial charge is 0.191 e. The fraction of sp³-hybridized carbons (Fsp3) is 0.941. The molecular formula is C17H36IN3O3. The summed E-state index contributed by atoms with van der Waals surface area (Å²) >= 11 is 0. The number of halogens is 1. The maximum Gasteiger partial charge on any atom is 0.191 e. The Morgan fingerprint density at radius 3 is 2.67 bits per heavy atom. The molecule has 0 bridgehead atoms. The normalized spacial score (nSPS) is 17.6. The van der Waals surface area contributed by atoms with Crippen LogP contribution in [0.1, 0.15) is 46.0 Å².